The summed E-state index contributed by atoms with van der Waals surface area (Å²) in [5, 5.41) is 3.18. The first-order valence-electron chi connectivity index (χ1n) is 10.6. The standard InChI is InChI=1S/C22H29N3O4/c1-23-9-6-15-7-10-24(11-8-15)20(26)16-4-5-18-19(13-16)22(28)25(21(18)27)14-17-3-2-12-29-17/h4-5,13,15,17,23H,2-3,6-12,14H2,1H3. The van der Waals surface area contributed by atoms with Crippen molar-refractivity contribution in [2.75, 3.05) is 39.8 Å². The second-order valence-electron chi connectivity index (χ2n) is 8.24. The molecule has 1 aromatic carbocycles. The fourth-order valence-corrected chi connectivity index (χ4v) is 4.54. The van der Waals surface area contributed by atoms with Crippen LogP contribution in [0.5, 0.6) is 0 Å². The summed E-state index contributed by atoms with van der Waals surface area (Å²) in [7, 11) is 1.96. The van der Waals surface area contributed by atoms with Crippen LogP contribution in [0.1, 0.15) is 63.2 Å². The number of rotatable bonds is 6. The highest BCUT2D eigenvalue weighted by Gasteiger charge is 2.38. The fraction of sp³-hybridized carbons (Fsp3) is 0.591. The average Bonchev–Trinajstić information content (AvgIpc) is 3.35. The number of nitrogens with zero attached hydrogens (tertiary/aromatic N) is 2. The number of hydrogen-bond acceptors (Lipinski definition) is 5. The Kier molecular flexibility index (Phi) is 5.96. The quantitative estimate of drug-likeness (QED) is 0.740. The van der Waals surface area contributed by atoms with Gasteiger partial charge in [0.05, 0.1) is 23.8 Å². The first kappa shape index (κ1) is 20.0. The van der Waals surface area contributed by atoms with Crippen LogP contribution in [0.3, 0.4) is 0 Å². The number of amides is 3. The van der Waals surface area contributed by atoms with Gasteiger partial charge in [-0.2, -0.15) is 0 Å². The Balaban J connectivity index is 1.43. The SMILES string of the molecule is CNCCC1CCN(C(=O)c2ccc3c(c2)C(=O)N(CC2CCCO2)C3=O)CC1. The maximum atomic E-state index is 13.0. The van der Waals surface area contributed by atoms with Crippen LogP contribution in [0.2, 0.25) is 0 Å². The lowest BCUT2D eigenvalue weighted by Crippen LogP contribution is -2.39. The zero-order chi connectivity index (χ0) is 20.4. The monoisotopic (exact) mass is 399 g/mol. The number of piperidine rings is 1. The van der Waals surface area contributed by atoms with Gasteiger partial charge in [0.2, 0.25) is 0 Å². The average molecular weight is 399 g/mol. The molecule has 3 aliphatic heterocycles. The lowest BCUT2D eigenvalue weighted by atomic mass is 9.93. The summed E-state index contributed by atoms with van der Waals surface area (Å²) >= 11 is 0. The number of imide groups is 1. The van der Waals surface area contributed by atoms with Crippen LogP contribution >= 0.6 is 0 Å². The van der Waals surface area contributed by atoms with Crippen LogP contribution in [0.4, 0.5) is 0 Å². The van der Waals surface area contributed by atoms with Crippen molar-refractivity contribution in [1.29, 1.82) is 0 Å². The second-order valence-corrected chi connectivity index (χ2v) is 8.24. The molecule has 0 radical (unpaired) electrons. The Morgan fingerprint density at radius 1 is 1.14 bits per heavy atom. The molecule has 1 N–H and O–H groups in total. The van der Waals surface area contributed by atoms with Crippen molar-refractivity contribution in [2.24, 2.45) is 5.92 Å². The molecule has 0 saturated carbocycles. The van der Waals surface area contributed by atoms with E-state index in [1.54, 1.807) is 18.2 Å². The zero-order valence-corrected chi connectivity index (χ0v) is 17.0. The number of fused-ring (bicyclic) bond motifs is 1. The number of carbonyl (C=O) groups excluding carboxylic acids is 3. The maximum Gasteiger partial charge on any atom is 0.261 e. The van der Waals surface area contributed by atoms with Crippen molar-refractivity contribution in [3.05, 3.63) is 34.9 Å². The van der Waals surface area contributed by atoms with E-state index < -0.39 is 0 Å². The van der Waals surface area contributed by atoms with Crippen molar-refractivity contribution in [3.63, 3.8) is 0 Å². The normalized spacial score (nSPS) is 22.4. The summed E-state index contributed by atoms with van der Waals surface area (Å²) in [6.07, 6.45) is 4.88. The summed E-state index contributed by atoms with van der Waals surface area (Å²) < 4.78 is 5.57. The molecule has 0 aromatic heterocycles. The molecule has 1 atom stereocenters. The van der Waals surface area contributed by atoms with Crippen LogP contribution in [0.15, 0.2) is 18.2 Å². The van der Waals surface area contributed by atoms with E-state index in [4.69, 9.17) is 4.74 Å². The van der Waals surface area contributed by atoms with Crippen LogP contribution in [-0.4, -0.2) is 73.5 Å². The number of carbonyl (C=O) groups is 3. The van der Waals surface area contributed by atoms with Crippen LogP contribution < -0.4 is 5.32 Å². The molecule has 1 unspecified atom stereocenters. The summed E-state index contributed by atoms with van der Waals surface area (Å²) in [6, 6.07) is 4.90. The zero-order valence-electron chi connectivity index (χ0n) is 17.0. The van der Waals surface area contributed by atoms with E-state index in [1.165, 1.54) is 4.90 Å². The van der Waals surface area contributed by atoms with Crippen molar-refractivity contribution >= 4 is 17.7 Å². The highest BCUT2D eigenvalue weighted by molar-refractivity contribution is 6.22. The maximum absolute atomic E-state index is 13.0. The third kappa shape index (κ3) is 4.07. The smallest absolute Gasteiger partial charge is 0.261 e. The molecular weight excluding hydrogens is 370 g/mol. The van der Waals surface area contributed by atoms with Gasteiger partial charge in [0.15, 0.2) is 0 Å². The summed E-state index contributed by atoms with van der Waals surface area (Å²) in [6.45, 7) is 3.44. The van der Waals surface area contributed by atoms with Crippen LogP contribution in [-0.2, 0) is 4.74 Å². The van der Waals surface area contributed by atoms with E-state index in [2.05, 4.69) is 5.32 Å². The van der Waals surface area contributed by atoms with Gasteiger partial charge >= 0.3 is 0 Å². The van der Waals surface area contributed by atoms with Gasteiger partial charge in [0.1, 0.15) is 0 Å². The lowest BCUT2D eigenvalue weighted by Gasteiger charge is -2.32. The molecule has 0 spiro atoms. The van der Waals surface area contributed by atoms with Gasteiger partial charge in [-0.25, -0.2) is 0 Å². The van der Waals surface area contributed by atoms with Gasteiger partial charge in [-0.3, -0.25) is 19.3 Å². The van der Waals surface area contributed by atoms with Gasteiger partial charge in [-0.05, 0) is 69.8 Å². The van der Waals surface area contributed by atoms with Crippen LogP contribution in [0, 0.1) is 5.92 Å². The molecule has 2 fully saturated rings. The highest BCUT2D eigenvalue weighted by atomic mass is 16.5. The number of benzene rings is 1. The van der Waals surface area contributed by atoms with E-state index in [0.717, 1.165) is 51.7 Å². The van der Waals surface area contributed by atoms with Crippen LogP contribution in [0.25, 0.3) is 0 Å². The van der Waals surface area contributed by atoms with E-state index in [-0.39, 0.29) is 30.4 Å². The van der Waals surface area contributed by atoms with Gasteiger partial charge in [-0.1, -0.05) is 0 Å². The summed E-state index contributed by atoms with van der Waals surface area (Å²) in [5.74, 6) is -0.0134. The van der Waals surface area contributed by atoms with Crippen molar-refractivity contribution in [3.8, 4) is 0 Å². The second kappa shape index (κ2) is 8.63. The molecule has 29 heavy (non-hydrogen) atoms. The van der Waals surface area contributed by atoms with Gasteiger partial charge in [0.25, 0.3) is 17.7 Å². The molecule has 3 amide bonds. The molecule has 1 aromatic rings. The minimum Gasteiger partial charge on any atom is -0.376 e. The Morgan fingerprint density at radius 2 is 1.90 bits per heavy atom. The summed E-state index contributed by atoms with van der Waals surface area (Å²) in [5.41, 5.74) is 1.20. The third-order valence-corrected chi connectivity index (χ3v) is 6.33. The number of likely N-dealkylation sites (tertiary alicyclic amines) is 1. The predicted molar refractivity (Wildman–Crippen MR) is 108 cm³/mol. The van der Waals surface area contributed by atoms with Gasteiger partial charge in [-0.15, -0.1) is 0 Å². The van der Waals surface area contributed by atoms with Gasteiger partial charge in [0, 0.05) is 25.3 Å². The molecule has 2 saturated heterocycles. The van der Waals surface area contributed by atoms with Gasteiger partial charge < -0.3 is 15.0 Å². The largest absolute Gasteiger partial charge is 0.376 e. The Morgan fingerprint density at radius 3 is 2.59 bits per heavy atom. The van der Waals surface area contributed by atoms with E-state index in [9.17, 15) is 14.4 Å². The molecule has 0 aliphatic carbocycles. The van der Waals surface area contributed by atoms with E-state index in [1.807, 2.05) is 11.9 Å². The Labute approximate surface area is 171 Å². The fourth-order valence-electron chi connectivity index (χ4n) is 4.54. The highest BCUT2D eigenvalue weighted by Crippen LogP contribution is 2.27. The topological polar surface area (TPSA) is 79.0 Å². The predicted octanol–water partition coefficient (Wildman–Crippen LogP) is 1.92. The van der Waals surface area contributed by atoms with E-state index >= 15 is 0 Å². The molecule has 7 heteroatoms. The van der Waals surface area contributed by atoms with Crippen molar-refractivity contribution < 1.29 is 19.1 Å². The molecule has 4 rings (SSSR count). The molecule has 3 aliphatic rings. The lowest BCUT2D eigenvalue weighted by molar-refractivity contribution is 0.0475. The Hall–Kier alpha value is -2.25. The van der Waals surface area contributed by atoms with E-state index in [0.29, 0.717) is 29.2 Å². The third-order valence-electron chi connectivity index (χ3n) is 6.33. The van der Waals surface area contributed by atoms with Crippen molar-refractivity contribution in [2.45, 2.75) is 38.2 Å². The first-order valence-corrected chi connectivity index (χ1v) is 10.6. The molecule has 7 nitrogen and oxygen atoms in total. The minimum absolute atomic E-state index is 0.0577. The molecular formula is C22H29N3O4. The Bertz CT molecular complexity index is 795. The molecule has 0 bridgehead atoms. The minimum atomic E-state index is -0.319. The number of nitrogens with one attached hydrogen (secondary N) is 1. The molecule has 3 heterocycles. The molecule has 156 valence electrons. The number of ether oxygens (including phenoxy) is 1. The van der Waals surface area contributed by atoms with Crippen molar-refractivity contribution in [1.82, 2.24) is 15.1 Å². The number of hydrogen-bond donors (Lipinski definition) is 1. The summed E-state index contributed by atoms with van der Waals surface area (Å²) in [4.78, 5) is 41.5. The first-order chi connectivity index (χ1) is 14.1.